The summed E-state index contributed by atoms with van der Waals surface area (Å²) in [5.74, 6) is 1.85. The molecule has 0 aliphatic rings. The second kappa shape index (κ2) is 10.9. The van der Waals surface area contributed by atoms with Gasteiger partial charge in [-0.05, 0) is 48.0 Å². The standard InChI is InChI=1S/C45H25N3O2S/c1-3-11-26(12-4-1)43-46-44(27-13-5-2-6-14-27)48-45(47-43)29-20-22-32-31-21-19-28(23-37(31)49-38(32)24-29)34-25-35-30-15-7-9-17-36(30)50-41(35)40-33-16-8-10-18-39(33)51-42(34)40/h1-25H. The molecule has 0 unspecified atom stereocenters. The zero-order chi connectivity index (χ0) is 33.5. The average molecular weight is 672 g/mol. The number of nitrogens with zero attached hydrogens (tertiary/aromatic N) is 3. The molecule has 0 aliphatic carbocycles. The lowest BCUT2D eigenvalue weighted by Crippen LogP contribution is -2.00. The van der Waals surface area contributed by atoms with Crippen molar-refractivity contribution in [1.29, 1.82) is 0 Å². The fraction of sp³-hybridized carbons (Fsp3) is 0. The summed E-state index contributed by atoms with van der Waals surface area (Å²) in [5, 5.41) is 6.72. The maximum absolute atomic E-state index is 6.63. The van der Waals surface area contributed by atoms with Crippen LogP contribution in [0.25, 0.3) is 109 Å². The van der Waals surface area contributed by atoms with Gasteiger partial charge < -0.3 is 8.83 Å². The van der Waals surface area contributed by atoms with E-state index in [-0.39, 0.29) is 0 Å². The summed E-state index contributed by atoms with van der Waals surface area (Å²) in [6.07, 6.45) is 0. The Hall–Kier alpha value is -6.63. The molecule has 0 aliphatic heterocycles. The van der Waals surface area contributed by atoms with Crippen molar-refractivity contribution in [2.75, 3.05) is 0 Å². The summed E-state index contributed by atoms with van der Waals surface area (Å²) in [4.78, 5) is 14.7. The predicted molar refractivity (Wildman–Crippen MR) is 209 cm³/mol. The molecule has 0 amide bonds. The van der Waals surface area contributed by atoms with Crippen LogP contribution in [0.5, 0.6) is 0 Å². The molecular formula is C45H25N3O2S. The van der Waals surface area contributed by atoms with Crippen molar-refractivity contribution >= 4 is 75.4 Å². The second-order valence-electron chi connectivity index (χ2n) is 12.8. The maximum Gasteiger partial charge on any atom is 0.164 e. The van der Waals surface area contributed by atoms with Gasteiger partial charge in [-0.25, -0.2) is 15.0 Å². The highest BCUT2D eigenvalue weighted by Crippen LogP contribution is 2.47. The molecule has 0 saturated heterocycles. The summed E-state index contributed by atoms with van der Waals surface area (Å²) in [6, 6.07) is 52.0. The van der Waals surface area contributed by atoms with Gasteiger partial charge in [-0.15, -0.1) is 11.3 Å². The van der Waals surface area contributed by atoms with Crippen LogP contribution in [0, 0.1) is 0 Å². The molecule has 4 aromatic heterocycles. The lowest BCUT2D eigenvalue weighted by atomic mass is 9.98. The molecule has 51 heavy (non-hydrogen) atoms. The van der Waals surface area contributed by atoms with Crippen molar-refractivity contribution in [2.45, 2.75) is 0 Å². The molecule has 0 radical (unpaired) electrons. The minimum absolute atomic E-state index is 0.596. The van der Waals surface area contributed by atoms with E-state index in [2.05, 4.69) is 72.8 Å². The van der Waals surface area contributed by atoms with E-state index in [0.717, 1.165) is 71.5 Å². The monoisotopic (exact) mass is 671 g/mol. The van der Waals surface area contributed by atoms with Crippen LogP contribution in [0.3, 0.4) is 0 Å². The summed E-state index contributed by atoms with van der Waals surface area (Å²) < 4.78 is 15.6. The van der Waals surface area contributed by atoms with Crippen LogP contribution in [0.2, 0.25) is 0 Å². The van der Waals surface area contributed by atoms with E-state index in [0.29, 0.717) is 17.5 Å². The first kappa shape index (κ1) is 28.2. The molecule has 5 nitrogen and oxygen atoms in total. The van der Waals surface area contributed by atoms with Gasteiger partial charge in [-0.3, -0.25) is 0 Å². The Morgan fingerprint density at radius 2 is 0.941 bits per heavy atom. The fourth-order valence-electron chi connectivity index (χ4n) is 7.30. The summed E-state index contributed by atoms with van der Waals surface area (Å²) in [6.45, 7) is 0. The van der Waals surface area contributed by atoms with Crippen molar-refractivity contribution in [1.82, 2.24) is 15.0 Å². The van der Waals surface area contributed by atoms with E-state index >= 15 is 0 Å². The van der Waals surface area contributed by atoms with Crippen LogP contribution in [-0.4, -0.2) is 15.0 Å². The first-order valence-electron chi connectivity index (χ1n) is 16.8. The van der Waals surface area contributed by atoms with Crippen LogP contribution < -0.4 is 0 Å². The summed E-state index contributed by atoms with van der Waals surface area (Å²) >= 11 is 1.81. The molecule has 7 aromatic carbocycles. The number of furan rings is 2. The number of fused-ring (bicyclic) bond motifs is 10. The molecule has 0 fully saturated rings. The van der Waals surface area contributed by atoms with E-state index in [4.69, 9.17) is 23.8 Å². The topological polar surface area (TPSA) is 65.0 Å². The molecule has 0 bridgehead atoms. The van der Waals surface area contributed by atoms with Crippen molar-refractivity contribution in [2.24, 2.45) is 0 Å². The average Bonchev–Trinajstić information content (AvgIpc) is 3.88. The van der Waals surface area contributed by atoms with Crippen LogP contribution in [0.4, 0.5) is 0 Å². The minimum atomic E-state index is 0.596. The third kappa shape index (κ3) is 4.43. The Bertz CT molecular complexity index is 3080. The van der Waals surface area contributed by atoms with E-state index in [1.165, 1.54) is 20.3 Å². The summed E-state index contributed by atoms with van der Waals surface area (Å²) in [5.41, 5.74) is 8.45. The highest BCUT2D eigenvalue weighted by Gasteiger charge is 2.20. The van der Waals surface area contributed by atoms with E-state index in [1.807, 2.05) is 90.2 Å². The van der Waals surface area contributed by atoms with E-state index in [9.17, 15) is 0 Å². The van der Waals surface area contributed by atoms with Gasteiger partial charge in [0.05, 0.1) is 0 Å². The number of hydrogen-bond acceptors (Lipinski definition) is 6. The highest BCUT2D eigenvalue weighted by atomic mass is 32.1. The molecule has 11 aromatic rings. The lowest BCUT2D eigenvalue weighted by Gasteiger charge is -2.08. The number of thiophene rings is 1. The fourth-order valence-corrected chi connectivity index (χ4v) is 8.54. The maximum atomic E-state index is 6.63. The Labute approximate surface area is 295 Å². The Morgan fingerprint density at radius 3 is 1.65 bits per heavy atom. The molecule has 0 N–H and O–H groups in total. The molecule has 0 atom stereocenters. The van der Waals surface area contributed by atoms with Crippen LogP contribution in [0.1, 0.15) is 0 Å². The third-order valence-corrected chi connectivity index (χ3v) is 10.9. The van der Waals surface area contributed by atoms with Crippen LogP contribution in [0.15, 0.2) is 160 Å². The zero-order valence-electron chi connectivity index (χ0n) is 27.0. The second-order valence-corrected chi connectivity index (χ2v) is 13.8. The number of aromatic nitrogens is 3. The van der Waals surface area contributed by atoms with Crippen molar-refractivity contribution in [3.05, 3.63) is 152 Å². The number of benzene rings is 7. The molecule has 0 saturated carbocycles. The predicted octanol–water partition coefficient (Wildman–Crippen LogP) is 12.7. The molecule has 11 rings (SSSR count). The van der Waals surface area contributed by atoms with Gasteiger partial charge in [0, 0.05) is 64.0 Å². The number of rotatable bonds is 4. The van der Waals surface area contributed by atoms with Crippen LogP contribution in [-0.2, 0) is 0 Å². The van der Waals surface area contributed by atoms with Crippen molar-refractivity contribution in [3.8, 4) is 45.3 Å². The van der Waals surface area contributed by atoms with Gasteiger partial charge in [0.1, 0.15) is 22.3 Å². The zero-order valence-corrected chi connectivity index (χ0v) is 27.8. The van der Waals surface area contributed by atoms with E-state index in [1.54, 1.807) is 0 Å². The van der Waals surface area contributed by atoms with Crippen LogP contribution >= 0.6 is 11.3 Å². The van der Waals surface area contributed by atoms with Crippen molar-refractivity contribution in [3.63, 3.8) is 0 Å². The molecular weight excluding hydrogens is 647 g/mol. The normalized spacial score (nSPS) is 11.9. The van der Waals surface area contributed by atoms with Gasteiger partial charge in [-0.1, -0.05) is 109 Å². The first-order chi connectivity index (χ1) is 25.2. The first-order valence-corrected chi connectivity index (χ1v) is 17.7. The van der Waals surface area contributed by atoms with Gasteiger partial charge in [-0.2, -0.15) is 0 Å². The highest BCUT2D eigenvalue weighted by molar-refractivity contribution is 7.26. The Kier molecular flexibility index (Phi) is 6.05. The molecule has 0 spiro atoms. The lowest BCUT2D eigenvalue weighted by molar-refractivity contribution is 0.669. The quantitative estimate of drug-likeness (QED) is 0.186. The molecule has 238 valence electrons. The van der Waals surface area contributed by atoms with Gasteiger partial charge >= 0.3 is 0 Å². The SMILES string of the molecule is c1ccc(-c2nc(-c3ccccc3)nc(-c3ccc4c(c3)oc3cc(-c5cc6c7ccccc7oc6c6c5sc5ccccc56)ccc34)n2)cc1. The van der Waals surface area contributed by atoms with Crippen molar-refractivity contribution < 1.29 is 8.83 Å². The van der Waals surface area contributed by atoms with E-state index < -0.39 is 0 Å². The third-order valence-electron chi connectivity index (χ3n) is 9.73. The van der Waals surface area contributed by atoms with Gasteiger partial charge in [0.15, 0.2) is 17.5 Å². The largest absolute Gasteiger partial charge is 0.456 e. The number of para-hydroxylation sites is 1. The van der Waals surface area contributed by atoms with Gasteiger partial charge in [0.2, 0.25) is 0 Å². The molecule has 6 heteroatoms. The summed E-state index contributed by atoms with van der Waals surface area (Å²) in [7, 11) is 0. The minimum Gasteiger partial charge on any atom is -0.456 e. The number of hydrogen-bond donors (Lipinski definition) is 0. The smallest absolute Gasteiger partial charge is 0.164 e. The Morgan fingerprint density at radius 1 is 0.392 bits per heavy atom. The van der Waals surface area contributed by atoms with Gasteiger partial charge in [0.25, 0.3) is 0 Å². The Balaban J connectivity index is 1.08. The molecule has 4 heterocycles.